The number of hydrogen-bond acceptors (Lipinski definition) is 6. The van der Waals surface area contributed by atoms with Gasteiger partial charge in [-0.05, 0) is 31.2 Å². The van der Waals surface area contributed by atoms with Crippen molar-refractivity contribution in [3.63, 3.8) is 0 Å². The summed E-state index contributed by atoms with van der Waals surface area (Å²) < 4.78 is 11.2. The van der Waals surface area contributed by atoms with E-state index < -0.39 is 5.91 Å². The van der Waals surface area contributed by atoms with Crippen LogP contribution in [-0.4, -0.2) is 27.7 Å². The zero-order chi connectivity index (χ0) is 17.8. The Morgan fingerprint density at radius 2 is 2.04 bits per heavy atom. The Bertz CT molecular complexity index is 944. The van der Waals surface area contributed by atoms with E-state index >= 15 is 0 Å². The normalized spacial score (nSPS) is 10.5. The van der Waals surface area contributed by atoms with Gasteiger partial charge in [-0.15, -0.1) is 0 Å². The van der Waals surface area contributed by atoms with E-state index in [1.165, 1.54) is 17.0 Å². The van der Waals surface area contributed by atoms with E-state index in [0.29, 0.717) is 17.3 Å². The molecule has 1 N–H and O–H groups in total. The van der Waals surface area contributed by atoms with Gasteiger partial charge in [0, 0.05) is 17.7 Å². The number of aromatic nitrogens is 3. The SMILES string of the molecule is COc1ccc(-c2cc(=O)n(CC(=O)Nc3cc(C)on3)cn2)cc1. The first kappa shape index (κ1) is 16.4. The largest absolute Gasteiger partial charge is 0.497 e. The number of ether oxygens (including phenoxy) is 1. The van der Waals surface area contributed by atoms with Crippen molar-refractivity contribution < 1.29 is 14.1 Å². The summed E-state index contributed by atoms with van der Waals surface area (Å²) in [5, 5.41) is 6.22. The first-order chi connectivity index (χ1) is 12.0. The number of methoxy groups -OCH3 is 1. The molecule has 3 rings (SSSR count). The van der Waals surface area contributed by atoms with E-state index in [0.717, 1.165) is 11.3 Å². The van der Waals surface area contributed by atoms with Gasteiger partial charge in [0.15, 0.2) is 5.82 Å². The molecule has 2 heterocycles. The molecule has 0 radical (unpaired) electrons. The Balaban J connectivity index is 1.73. The molecule has 0 aliphatic heterocycles. The highest BCUT2D eigenvalue weighted by Gasteiger charge is 2.09. The number of carbonyl (C=O) groups excluding carboxylic acids is 1. The van der Waals surface area contributed by atoms with Crippen LogP contribution in [0.1, 0.15) is 5.76 Å². The van der Waals surface area contributed by atoms with Crippen LogP contribution < -0.4 is 15.6 Å². The van der Waals surface area contributed by atoms with E-state index in [4.69, 9.17) is 9.26 Å². The minimum absolute atomic E-state index is 0.166. The van der Waals surface area contributed by atoms with Gasteiger partial charge < -0.3 is 14.6 Å². The summed E-state index contributed by atoms with van der Waals surface area (Å²) in [5.41, 5.74) is 0.983. The smallest absolute Gasteiger partial charge is 0.254 e. The number of nitrogens with one attached hydrogen (secondary N) is 1. The zero-order valence-electron chi connectivity index (χ0n) is 13.7. The first-order valence-corrected chi connectivity index (χ1v) is 7.49. The van der Waals surface area contributed by atoms with Crippen molar-refractivity contribution in [3.05, 3.63) is 58.8 Å². The summed E-state index contributed by atoms with van der Waals surface area (Å²) in [7, 11) is 1.58. The predicted molar refractivity (Wildman–Crippen MR) is 90.4 cm³/mol. The summed E-state index contributed by atoms with van der Waals surface area (Å²) >= 11 is 0. The molecular formula is C17H16N4O4. The molecule has 0 aliphatic rings. The second-order valence-electron chi connectivity index (χ2n) is 5.34. The second kappa shape index (κ2) is 7.00. The Kier molecular flexibility index (Phi) is 4.60. The monoisotopic (exact) mass is 340 g/mol. The van der Waals surface area contributed by atoms with E-state index in [2.05, 4.69) is 15.5 Å². The van der Waals surface area contributed by atoms with Crippen LogP contribution in [0.2, 0.25) is 0 Å². The number of aryl methyl sites for hydroxylation is 1. The highest BCUT2D eigenvalue weighted by Crippen LogP contribution is 2.19. The van der Waals surface area contributed by atoms with E-state index in [1.54, 1.807) is 32.2 Å². The van der Waals surface area contributed by atoms with Crippen LogP contribution in [0.5, 0.6) is 5.75 Å². The van der Waals surface area contributed by atoms with Crippen LogP contribution in [0, 0.1) is 6.92 Å². The van der Waals surface area contributed by atoms with Gasteiger partial charge in [0.05, 0.1) is 19.1 Å². The lowest BCUT2D eigenvalue weighted by Gasteiger charge is -2.07. The number of hydrogen-bond donors (Lipinski definition) is 1. The van der Waals surface area contributed by atoms with Gasteiger partial charge in [0.2, 0.25) is 5.91 Å². The van der Waals surface area contributed by atoms with Crippen molar-refractivity contribution in [1.82, 2.24) is 14.7 Å². The summed E-state index contributed by atoms with van der Waals surface area (Å²) in [4.78, 5) is 28.4. The van der Waals surface area contributed by atoms with Crippen molar-refractivity contribution in [2.75, 3.05) is 12.4 Å². The highest BCUT2D eigenvalue weighted by atomic mass is 16.5. The molecule has 8 nitrogen and oxygen atoms in total. The lowest BCUT2D eigenvalue weighted by atomic mass is 10.1. The molecule has 0 fully saturated rings. The number of carbonyl (C=O) groups is 1. The molecule has 0 aliphatic carbocycles. The van der Waals surface area contributed by atoms with Gasteiger partial charge in [-0.1, -0.05) is 5.16 Å². The maximum atomic E-state index is 12.2. The molecule has 0 saturated carbocycles. The van der Waals surface area contributed by atoms with Crippen LogP contribution in [0.3, 0.4) is 0 Å². The molecule has 1 aromatic carbocycles. The second-order valence-corrected chi connectivity index (χ2v) is 5.34. The van der Waals surface area contributed by atoms with E-state index in [1.807, 2.05) is 12.1 Å². The van der Waals surface area contributed by atoms with Crippen LogP contribution >= 0.6 is 0 Å². The third-order valence-electron chi connectivity index (χ3n) is 3.47. The Morgan fingerprint density at radius 3 is 2.64 bits per heavy atom. The molecule has 128 valence electrons. The number of amides is 1. The molecular weight excluding hydrogens is 324 g/mol. The average Bonchev–Trinajstić information content (AvgIpc) is 3.01. The molecule has 0 spiro atoms. The van der Waals surface area contributed by atoms with Crippen molar-refractivity contribution in [2.45, 2.75) is 13.5 Å². The van der Waals surface area contributed by atoms with Crippen molar-refractivity contribution >= 4 is 11.7 Å². The molecule has 2 aromatic heterocycles. The highest BCUT2D eigenvalue weighted by molar-refractivity contribution is 5.89. The fourth-order valence-electron chi connectivity index (χ4n) is 2.23. The summed E-state index contributed by atoms with van der Waals surface area (Å²) in [6, 6.07) is 10.2. The predicted octanol–water partition coefficient (Wildman–Crippen LogP) is 1.85. The fraction of sp³-hybridized carbons (Fsp3) is 0.176. The third-order valence-corrected chi connectivity index (χ3v) is 3.47. The first-order valence-electron chi connectivity index (χ1n) is 7.49. The van der Waals surface area contributed by atoms with Crippen LogP contribution in [-0.2, 0) is 11.3 Å². The zero-order valence-corrected chi connectivity index (χ0v) is 13.7. The van der Waals surface area contributed by atoms with Gasteiger partial charge in [-0.2, -0.15) is 0 Å². The third kappa shape index (κ3) is 3.92. The Labute approximate surface area is 143 Å². The summed E-state index contributed by atoms with van der Waals surface area (Å²) in [6.45, 7) is 1.55. The number of rotatable bonds is 5. The maximum Gasteiger partial charge on any atom is 0.254 e. The summed E-state index contributed by atoms with van der Waals surface area (Å²) in [5.74, 6) is 1.21. The lowest BCUT2D eigenvalue weighted by Crippen LogP contribution is -2.27. The molecule has 0 saturated heterocycles. The molecule has 1 amide bonds. The number of benzene rings is 1. The van der Waals surface area contributed by atoms with Crippen molar-refractivity contribution in [3.8, 4) is 17.0 Å². The van der Waals surface area contributed by atoms with E-state index in [-0.39, 0.29) is 12.1 Å². The Morgan fingerprint density at radius 1 is 1.28 bits per heavy atom. The lowest BCUT2D eigenvalue weighted by molar-refractivity contribution is -0.116. The van der Waals surface area contributed by atoms with E-state index in [9.17, 15) is 9.59 Å². The molecule has 0 atom stereocenters. The standard InChI is InChI=1S/C17H16N4O4/c1-11-7-15(20-25-11)19-16(22)9-21-10-18-14(8-17(21)23)12-3-5-13(24-2)6-4-12/h3-8,10H,9H2,1-2H3,(H,19,20,22). The van der Waals surface area contributed by atoms with Crippen LogP contribution in [0.25, 0.3) is 11.3 Å². The molecule has 0 bridgehead atoms. The maximum absolute atomic E-state index is 12.2. The van der Waals surface area contributed by atoms with Gasteiger partial charge in [-0.3, -0.25) is 14.2 Å². The number of anilines is 1. The number of nitrogens with zero attached hydrogens (tertiary/aromatic N) is 3. The minimum atomic E-state index is -0.394. The van der Waals surface area contributed by atoms with Crippen LogP contribution in [0.15, 0.2) is 52.0 Å². The van der Waals surface area contributed by atoms with Gasteiger partial charge in [0.25, 0.3) is 5.56 Å². The summed E-state index contributed by atoms with van der Waals surface area (Å²) in [6.07, 6.45) is 1.34. The van der Waals surface area contributed by atoms with Gasteiger partial charge in [0.1, 0.15) is 18.1 Å². The fourth-order valence-corrected chi connectivity index (χ4v) is 2.23. The molecule has 0 unspecified atom stereocenters. The topological polar surface area (TPSA) is 99.2 Å². The van der Waals surface area contributed by atoms with Gasteiger partial charge in [-0.25, -0.2) is 4.98 Å². The quantitative estimate of drug-likeness (QED) is 0.761. The van der Waals surface area contributed by atoms with Crippen molar-refractivity contribution in [1.29, 1.82) is 0 Å². The average molecular weight is 340 g/mol. The molecule has 3 aromatic rings. The molecule has 8 heteroatoms. The minimum Gasteiger partial charge on any atom is -0.497 e. The van der Waals surface area contributed by atoms with Crippen molar-refractivity contribution in [2.24, 2.45) is 0 Å². The Hall–Kier alpha value is -3.42. The van der Waals surface area contributed by atoms with Crippen LogP contribution in [0.4, 0.5) is 5.82 Å². The van der Waals surface area contributed by atoms with Gasteiger partial charge >= 0.3 is 0 Å². The molecule has 25 heavy (non-hydrogen) atoms.